The summed E-state index contributed by atoms with van der Waals surface area (Å²) in [6.45, 7) is 0. The Bertz CT molecular complexity index is 1970. The van der Waals surface area contributed by atoms with Crippen LogP contribution in [0.15, 0.2) is 142 Å². The molecule has 6 rings (SSSR count). The second-order valence-electron chi connectivity index (χ2n) is 8.79. The molecular formula is C30H23AgO10S3. The molecule has 0 heterocycles. The van der Waals surface area contributed by atoms with Gasteiger partial charge in [-0.1, -0.05) is 109 Å². The zero-order valence-corrected chi connectivity index (χ0v) is 26.3. The molecule has 0 aromatic heterocycles. The first-order chi connectivity index (χ1) is 19.8. The minimum atomic E-state index is -4.38. The van der Waals surface area contributed by atoms with Crippen molar-refractivity contribution in [3.8, 4) is 0 Å². The van der Waals surface area contributed by atoms with Crippen molar-refractivity contribution in [3.05, 3.63) is 127 Å². The molecule has 232 valence electrons. The average molecular weight is 748 g/mol. The van der Waals surface area contributed by atoms with Gasteiger partial charge in [-0.3, -0.25) is 0 Å². The van der Waals surface area contributed by atoms with E-state index in [2.05, 4.69) is 0 Å². The maximum atomic E-state index is 10.9. The van der Waals surface area contributed by atoms with Crippen molar-refractivity contribution in [3.63, 3.8) is 0 Å². The van der Waals surface area contributed by atoms with Gasteiger partial charge >= 0.3 is 22.4 Å². The molecule has 44 heavy (non-hydrogen) atoms. The van der Waals surface area contributed by atoms with E-state index in [1.165, 1.54) is 18.2 Å². The molecular weight excluding hydrogens is 724 g/mol. The molecule has 0 bridgehead atoms. The van der Waals surface area contributed by atoms with Crippen LogP contribution in [0, 0.1) is 0 Å². The van der Waals surface area contributed by atoms with Crippen LogP contribution < -0.4 is 0 Å². The van der Waals surface area contributed by atoms with E-state index in [0.717, 1.165) is 16.2 Å². The van der Waals surface area contributed by atoms with Crippen LogP contribution >= 0.6 is 0 Å². The molecule has 0 radical (unpaired) electrons. The second kappa shape index (κ2) is 15.0. The van der Waals surface area contributed by atoms with Gasteiger partial charge in [-0.25, -0.2) is 25.3 Å². The monoisotopic (exact) mass is 746 g/mol. The van der Waals surface area contributed by atoms with Crippen molar-refractivity contribution >= 4 is 62.7 Å². The molecule has 14 heteroatoms. The van der Waals surface area contributed by atoms with Gasteiger partial charge in [0.25, 0.3) is 0 Å². The van der Waals surface area contributed by atoms with Crippen molar-refractivity contribution < 1.29 is 66.8 Å². The number of fused-ring (bicyclic) bond motifs is 3. The van der Waals surface area contributed by atoms with Gasteiger partial charge in [0.05, 0.1) is 14.7 Å². The summed E-state index contributed by atoms with van der Waals surface area (Å²) in [6, 6.07) is 34.6. The SMILES string of the molecule is O.O=S(=O)([O-])c1cccc2ccccc12.O=S(=O)([O-])c1cccc2ccccc12.O=S(=O)([O-])c1cccc2ccccc12.[Ag+3]. The van der Waals surface area contributed by atoms with E-state index in [1.807, 2.05) is 0 Å². The fourth-order valence-electron chi connectivity index (χ4n) is 4.24. The molecule has 0 fully saturated rings. The van der Waals surface area contributed by atoms with Crippen molar-refractivity contribution in [2.75, 3.05) is 0 Å². The van der Waals surface area contributed by atoms with Crippen LogP contribution in [-0.2, 0) is 52.7 Å². The first kappa shape index (κ1) is 36.7. The summed E-state index contributed by atoms with van der Waals surface area (Å²) in [5.41, 5.74) is 0. The first-order valence-electron chi connectivity index (χ1n) is 12.1. The van der Waals surface area contributed by atoms with E-state index in [-0.39, 0.29) is 42.5 Å². The maximum absolute atomic E-state index is 10.9. The first-order valence-corrected chi connectivity index (χ1v) is 16.3. The zero-order chi connectivity index (χ0) is 30.5. The zero-order valence-electron chi connectivity index (χ0n) is 22.3. The van der Waals surface area contributed by atoms with E-state index >= 15 is 0 Å². The molecule has 0 amide bonds. The Labute approximate surface area is 270 Å². The van der Waals surface area contributed by atoms with Crippen LogP contribution in [0.2, 0.25) is 0 Å². The van der Waals surface area contributed by atoms with Crippen LogP contribution in [0.25, 0.3) is 32.3 Å². The fraction of sp³-hybridized carbons (Fsp3) is 0. The van der Waals surface area contributed by atoms with E-state index in [0.29, 0.717) is 16.2 Å². The van der Waals surface area contributed by atoms with E-state index in [9.17, 15) is 38.9 Å². The smallest absolute Gasteiger partial charge is 0.744 e. The van der Waals surface area contributed by atoms with Gasteiger partial charge < -0.3 is 19.1 Å². The Morgan fingerprint density at radius 2 is 0.545 bits per heavy atom. The summed E-state index contributed by atoms with van der Waals surface area (Å²) in [4.78, 5) is -0.471. The summed E-state index contributed by atoms with van der Waals surface area (Å²) in [6.07, 6.45) is 0. The summed E-state index contributed by atoms with van der Waals surface area (Å²) < 4.78 is 98.0. The molecule has 6 aromatic rings. The number of hydrogen-bond donors (Lipinski definition) is 0. The molecule has 0 aliphatic rings. The minimum absolute atomic E-state index is 0. The molecule has 6 aromatic carbocycles. The van der Waals surface area contributed by atoms with Gasteiger partial charge in [0.15, 0.2) is 0 Å². The van der Waals surface area contributed by atoms with Gasteiger partial charge in [-0.05, 0) is 50.5 Å². The quantitative estimate of drug-likeness (QED) is 0.186. The van der Waals surface area contributed by atoms with Gasteiger partial charge in [0.1, 0.15) is 30.4 Å². The Kier molecular flexibility index (Phi) is 12.5. The standard InChI is InChI=1S/3C10H8O3S.Ag.H2O/c3*11-14(12,13)10-7-3-5-8-4-1-2-6-9(8)10;;/h3*1-7H,(H,11,12,13);;1H2/q;;;+3;/p-3. The largest absolute Gasteiger partial charge is 3.00 e. The fourth-order valence-corrected chi connectivity index (χ4v) is 6.34. The predicted molar refractivity (Wildman–Crippen MR) is 159 cm³/mol. The molecule has 0 saturated carbocycles. The van der Waals surface area contributed by atoms with E-state index in [4.69, 9.17) is 0 Å². The van der Waals surface area contributed by atoms with Crippen molar-refractivity contribution in [1.82, 2.24) is 0 Å². The number of hydrogen-bond acceptors (Lipinski definition) is 9. The molecule has 2 N–H and O–H groups in total. The van der Waals surface area contributed by atoms with Gasteiger partial charge in [0, 0.05) is 0 Å². The third-order valence-electron chi connectivity index (χ3n) is 6.06. The summed E-state index contributed by atoms with van der Waals surface area (Å²) in [5, 5.41) is 3.69. The van der Waals surface area contributed by atoms with Crippen molar-refractivity contribution in [2.24, 2.45) is 0 Å². The van der Waals surface area contributed by atoms with Crippen LogP contribution in [0.4, 0.5) is 0 Å². The van der Waals surface area contributed by atoms with Crippen molar-refractivity contribution in [1.29, 1.82) is 0 Å². The molecule has 0 spiro atoms. The van der Waals surface area contributed by atoms with E-state index in [1.54, 1.807) is 109 Å². The Balaban J connectivity index is 0.000000225. The molecule has 0 unspecified atom stereocenters. The molecule has 0 saturated heterocycles. The topological polar surface area (TPSA) is 203 Å². The molecule has 0 aliphatic heterocycles. The predicted octanol–water partition coefficient (Wildman–Crippen LogP) is 4.40. The summed E-state index contributed by atoms with van der Waals surface area (Å²) in [7, 11) is -13.1. The summed E-state index contributed by atoms with van der Waals surface area (Å²) in [5.74, 6) is 0. The van der Waals surface area contributed by atoms with Crippen LogP contribution in [0.1, 0.15) is 0 Å². The number of rotatable bonds is 3. The molecule has 10 nitrogen and oxygen atoms in total. The van der Waals surface area contributed by atoms with Gasteiger partial charge in [0.2, 0.25) is 0 Å². The molecule has 0 atom stereocenters. The van der Waals surface area contributed by atoms with Crippen LogP contribution in [0.5, 0.6) is 0 Å². The Hall–Kier alpha value is -3.47. The van der Waals surface area contributed by atoms with Gasteiger partial charge in [-0.15, -0.1) is 0 Å². The van der Waals surface area contributed by atoms with E-state index < -0.39 is 30.4 Å². The normalized spacial score (nSPS) is 11.2. The summed E-state index contributed by atoms with van der Waals surface area (Å²) >= 11 is 0. The third kappa shape index (κ3) is 9.03. The maximum Gasteiger partial charge on any atom is 3.00 e. The van der Waals surface area contributed by atoms with Crippen LogP contribution in [-0.4, -0.2) is 44.4 Å². The van der Waals surface area contributed by atoms with Crippen molar-refractivity contribution in [2.45, 2.75) is 14.7 Å². The van der Waals surface area contributed by atoms with Crippen LogP contribution in [0.3, 0.4) is 0 Å². The minimum Gasteiger partial charge on any atom is -0.744 e. The third-order valence-corrected chi connectivity index (χ3v) is 8.74. The molecule has 0 aliphatic carbocycles. The Morgan fingerprint density at radius 3 is 0.773 bits per heavy atom. The second-order valence-corrected chi connectivity index (χ2v) is 12.8. The average Bonchev–Trinajstić information content (AvgIpc) is 2.95. The van der Waals surface area contributed by atoms with Gasteiger partial charge in [-0.2, -0.15) is 0 Å². The number of benzene rings is 6. The Morgan fingerprint density at radius 1 is 0.341 bits per heavy atom.